The van der Waals surface area contributed by atoms with Gasteiger partial charge in [0.05, 0.1) is 10.8 Å². The number of hydrogen-bond acceptors (Lipinski definition) is 3. The van der Waals surface area contributed by atoms with Crippen molar-refractivity contribution in [3.63, 3.8) is 0 Å². The highest BCUT2D eigenvalue weighted by Gasteiger charge is 2.10. The predicted octanol–water partition coefficient (Wildman–Crippen LogP) is 4.30. The van der Waals surface area contributed by atoms with Crippen molar-refractivity contribution in [1.29, 1.82) is 0 Å². The standard InChI is InChI=1S/C17H17FN2O2S2/c1-3-24(21,22)19-14-5-8-16(9-6-14)23-17-12(2)10-15-7-4-13(18)11-20(15)17/h4-11,19H,3H2,1-2H3. The van der Waals surface area contributed by atoms with Gasteiger partial charge in [-0.15, -0.1) is 0 Å². The van der Waals surface area contributed by atoms with Crippen molar-refractivity contribution in [3.05, 3.63) is 60.0 Å². The number of aryl methyl sites for hydroxylation is 1. The van der Waals surface area contributed by atoms with Gasteiger partial charge < -0.3 is 4.40 Å². The minimum Gasteiger partial charge on any atom is -0.308 e. The van der Waals surface area contributed by atoms with Crippen molar-refractivity contribution in [3.8, 4) is 0 Å². The summed E-state index contributed by atoms with van der Waals surface area (Å²) in [5.41, 5.74) is 2.52. The van der Waals surface area contributed by atoms with Crippen molar-refractivity contribution >= 4 is 33.0 Å². The first-order valence-corrected chi connectivity index (χ1v) is 9.90. The summed E-state index contributed by atoms with van der Waals surface area (Å²) in [5, 5.41) is 0.936. The highest BCUT2D eigenvalue weighted by Crippen LogP contribution is 2.33. The van der Waals surface area contributed by atoms with Gasteiger partial charge in [0.1, 0.15) is 5.82 Å². The van der Waals surface area contributed by atoms with Crippen LogP contribution in [0.3, 0.4) is 0 Å². The predicted molar refractivity (Wildman–Crippen MR) is 95.7 cm³/mol. The fourth-order valence-electron chi connectivity index (χ4n) is 2.34. The molecule has 7 heteroatoms. The Kier molecular flexibility index (Phi) is 4.56. The van der Waals surface area contributed by atoms with E-state index < -0.39 is 10.0 Å². The van der Waals surface area contributed by atoms with Crippen LogP contribution in [0.25, 0.3) is 5.52 Å². The van der Waals surface area contributed by atoms with E-state index >= 15 is 0 Å². The number of sulfonamides is 1. The monoisotopic (exact) mass is 364 g/mol. The second kappa shape index (κ2) is 6.49. The van der Waals surface area contributed by atoms with Gasteiger partial charge in [-0.2, -0.15) is 0 Å². The quantitative estimate of drug-likeness (QED) is 0.734. The average Bonchev–Trinajstić information content (AvgIpc) is 2.84. The molecule has 3 rings (SSSR count). The molecule has 0 aliphatic heterocycles. The topological polar surface area (TPSA) is 50.6 Å². The molecular formula is C17H17FN2O2S2. The van der Waals surface area contributed by atoms with Gasteiger partial charge in [0.25, 0.3) is 0 Å². The average molecular weight is 364 g/mol. The third-order valence-corrected chi connectivity index (χ3v) is 6.11. The van der Waals surface area contributed by atoms with E-state index in [1.807, 2.05) is 29.5 Å². The number of anilines is 1. The molecule has 2 heterocycles. The summed E-state index contributed by atoms with van der Waals surface area (Å²) in [7, 11) is -3.28. The van der Waals surface area contributed by atoms with E-state index in [0.29, 0.717) is 5.69 Å². The molecule has 0 radical (unpaired) electrons. The van der Waals surface area contributed by atoms with Crippen molar-refractivity contribution in [2.75, 3.05) is 10.5 Å². The van der Waals surface area contributed by atoms with E-state index in [1.165, 1.54) is 24.0 Å². The normalized spacial score (nSPS) is 11.8. The Hall–Kier alpha value is -1.99. The molecule has 0 spiro atoms. The molecule has 3 aromatic rings. The summed E-state index contributed by atoms with van der Waals surface area (Å²) >= 11 is 1.51. The Labute approximate surface area is 144 Å². The highest BCUT2D eigenvalue weighted by molar-refractivity contribution is 7.99. The van der Waals surface area contributed by atoms with Gasteiger partial charge in [-0.1, -0.05) is 11.8 Å². The number of aromatic nitrogens is 1. The zero-order valence-corrected chi connectivity index (χ0v) is 14.9. The van der Waals surface area contributed by atoms with Crippen LogP contribution in [-0.2, 0) is 10.0 Å². The van der Waals surface area contributed by atoms with Crippen molar-refractivity contribution in [2.24, 2.45) is 0 Å². The second-order valence-corrected chi connectivity index (χ2v) is 8.48. The molecule has 0 saturated heterocycles. The summed E-state index contributed by atoms with van der Waals surface area (Å²) in [6, 6.07) is 12.3. The minimum atomic E-state index is -3.28. The molecule has 0 aliphatic carbocycles. The maximum Gasteiger partial charge on any atom is 0.232 e. The van der Waals surface area contributed by atoms with Crippen molar-refractivity contribution in [1.82, 2.24) is 4.40 Å². The fourth-order valence-corrected chi connectivity index (χ4v) is 3.95. The summed E-state index contributed by atoms with van der Waals surface area (Å²) in [4.78, 5) is 0.946. The lowest BCUT2D eigenvalue weighted by Gasteiger charge is -2.08. The van der Waals surface area contributed by atoms with E-state index in [0.717, 1.165) is 21.0 Å². The van der Waals surface area contributed by atoms with Crippen LogP contribution in [0.4, 0.5) is 10.1 Å². The number of pyridine rings is 1. The van der Waals surface area contributed by atoms with E-state index in [9.17, 15) is 12.8 Å². The van der Waals surface area contributed by atoms with Gasteiger partial charge in [-0.05, 0) is 61.9 Å². The lowest BCUT2D eigenvalue weighted by molar-refractivity contribution is 0.602. The highest BCUT2D eigenvalue weighted by atomic mass is 32.2. The molecule has 0 bridgehead atoms. The molecule has 0 unspecified atom stereocenters. The van der Waals surface area contributed by atoms with Crippen molar-refractivity contribution in [2.45, 2.75) is 23.8 Å². The molecule has 4 nitrogen and oxygen atoms in total. The van der Waals surface area contributed by atoms with Crippen LogP contribution >= 0.6 is 11.8 Å². The molecular weight excluding hydrogens is 347 g/mol. The lowest BCUT2D eigenvalue weighted by Crippen LogP contribution is -2.14. The largest absolute Gasteiger partial charge is 0.308 e. The molecule has 1 N–H and O–H groups in total. The van der Waals surface area contributed by atoms with Crippen LogP contribution in [0.5, 0.6) is 0 Å². The SMILES string of the molecule is CCS(=O)(=O)Nc1ccc(Sc2c(C)cc3ccc(F)cn23)cc1. The zero-order valence-electron chi connectivity index (χ0n) is 13.3. The summed E-state index contributed by atoms with van der Waals surface area (Å²) in [6.45, 7) is 3.57. The molecule has 2 aromatic heterocycles. The fraction of sp³-hybridized carbons (Fsp3) is 0.176. The van der Waals surface area contributed by atoms with Crippen molar-refractivity contribution < 1.29 is 12.8 Å². The zero-order chi connectivity index (χ0) is 17.3. The van der Waals surface area contributed by atoms with Gasteiger partial charge in [-0.3, -0.25) is 4.72 Å². The molecule has 0 saturated carbocycles. The summed E-state index contributed by atoms with van der Waals surface area (Å²) < 4.78 is 41.0. The van der Waals surface area contributed by atoms with Crippen LogP contribution in [0.1, 0.15) is 12.5 Å². The number of nitrogens with one attached hydrogen (secondary N) is 1. The summed E-state index contributed by atoms with van der Waals surface area (Å²) in [6.07, 6.45) is 1.47. The molecule has 24 heavy (non-hydrogen) atoms. The van der Waals surface area contributed by atoms with Gasteiger partial charge in [-0.25, -0.2) is 12.8 Å². The number of benzene rings is 1. The summed E-state index contributed by atoms with van der Waals surface area (Å²) in [5.74, 6) is -0.256. The number of rotatable bonds is 5. The first kappa shape index (κ1) is 16.9. The Morgan fingerprint density at radius 1 is 1.17 bits per heavy atom. The number of fused-ring (bicyclic) bond motifs is 1. The maximum atomic E-state index is 13.5. The molecule has 1 aromatic carbocycles. The molecule has 126 valence electrons. The number of hydrogen-bond donors (Lipinski definition) is 1. The van der Waals surface area contributed by atoms with Crippen LogP contribution < -0.4 is 4.72 Å². The minimum absolute atomic E-state index is 0.0321. The van der Waals surface area contributed by atoms with E-state index in [4.69, 9.17) is 0 Å². The second-order valence-electron chi connectivity index (χ2n) is 5.41. The van der Waals surface area contributed by atoms with Crippen LogP contribution in [0.15, 0.2) is 58.6 Å². The van der Waals surface area contributed by atoms with Gasteiger partial charge in [0, 0.05) is 22.3 Å². The lowest BCUT2D eigenvalue weighted by atomic mass is 10.3. The molecule has 0 aliphatic rings. The van der Waals surface area contributed by atoms with E-state index in [1.54, 1.807) is 25.1 Å². The van der Waals surface area contributed by atoms with Crippen LogP contribution in [0.2, 0.25) is 0 Å². The van der Waals surface area contributed by atoms with Crippen LogP contribution in [0, 0.1) is 12.7 Å². The Bertz CT molecular complexity index is 980. The third kappa shape index (κ3) is 3.57. The number of nitrogens with zero attached hydrogens (tertiary/aromatic N) is 1. The van der Waals surface area contributed by atoms with Gasteiger partial charge in [0.15, 0.2) is 0 Å². The maximum absolute atomic E-state index is 13.5. The Balaban J connectivity index is 1.87. The van der Waals surface area contributed by atoms with E-state index in [2.05, 4.69) is 4.72 Å². The first-order valence-electron chi connectivity index (χ1n) is 7.43. The van der Waals surface area contributed by atoms with Crippen LogP contribution in [-0.4, -0.2) is 18.6 Å². The van der Waals surface area contributed by atoms with Gasteiger partial charge in [0.2, 0.25) is 10.0 Å². The Morgan fingerprint density at radius 3 is 2.54 bits per heavy atom. The third-order valence-electron chi connectivity index (χ3n) is 3.59. The first-order chi connectivity index (χ1) is 11.4. The molecule has 0 amide bonds. The molecule has 0 atom stereocenters. The smallest absolute Gasteiger partial charge is 0.232 e. The van der Waals surface area contributed by atoms with E-state index in [-0.39, 0.29) is 11.6 Å². The Morgan fingerprint density at radius 2 is 1.88 bits per heavy atom. The molecule has 0 fully saturated rings. The number of halogens is 1. The van der Waals surface area contributed by atoms with Gasteiger partial charge >= 0.3 is 0 Å².